The number of thioether (sulfide) groups is 1. The fourth-order valence-corrected chi connectivity index (χ4v) is 2.77. The molecule has 0 bridgehead atoms. The van der Waals surface area contributed by atoms with Crippen molar-refractivity contribution in [1.29, 1.82) is 0 Å². The van der Waals surface area contributed by atoms with Crippen molar-refractivity contribution in [2.75, 3.05) is 25.7 Å². The van der Waals surface area contributed by atoms with Gasteiger partial charge in [-0.3, -0.25) is 20.4 Å². The zero-order valence-electron chi connectivity index (χ0n) is 14.6. The number of carbonyl (C=O) groups is 2. The molecule has 1 aromatic carbocycles. The zero-order valence-corrected chi connectivity index (χ0v) is 15.4. The van der Waals surface area contributed by atoms with Crippen LogP contribution in [0, 0.1) is 0 Å². The summed E-state index contributed by atoms with van der Waals surface area (Å²) in [6.45, 7) is 2.02. The summed E-state index contributed by atoms with van der Waals surface area (Å²) in [5, 5.41) is 9.91. The van der Waals surface area contributed by atoms with E-state index in [9.17, 15) is 14.7 Å². The number of hydrogen-bond donors (Lipinski definition) is 4. The zero-order chi connectivity index (χ0) is 18.8. The summed E-state index contributed by atoms with van der Waals surface area (Å²) in [6, 6.07) is 4.08. The number of carbonyl (C=O) groups excluding carboxylic acids is 2. The van der Waals surface area contributed by atoms with Gasteiger partial charge < -0.3 is 20.3 Å². The molecule has 1 rings (SSSR count). The molecule has 1 unspecified atom stereocenters. The first-order valence-corrected chi connectivity index (χ1v) is 8.94. The van der Waals surface area contributed by atoms with Crippen LogP contribution < -0.4 is 26.1 Å². The molecule has 1 aromatic rings. The number of aliphatic hydroxyl groups excluding tert-OH is 1. The van der Waals surface area contributed by atoms with Crippen LogP contribution in [-0.4, -0.2) is 54.8 Å². The predicted molar refractivity (Wildman–Crippen MR) is 96.8 cm³/mol. The standard InChI is InChI=1S/C16H25N3O5S/c1-4-25-9-8-11(17)13(20)16(22)19-18-15(21)10-6-5-7-12(23-2)14(10)24-3/h5-7,11,13,20H,4,8-9,17H2,1-3H3,(H,18,21)(H,19,22)/t11-,13?/m1/s1. The van der Waals surface area contributed by atoms with E-state index in [-0.39, 0.29) is 11.3 Å². The SMILES string of the molecule is CCSCC[C@@H](N)C(O)C(=O)NNC(=O)c1cccc(OC)c1OC. The van der Waals surface area contributed by atoms with Crippen LogP contribution in [0.2, 0.25) is 0 Å². The van der Waals surface area contributed by atoms with Gasteiger partial charge in [-0.1, -0.05) is 13.0 Å². The molecular weight excluding hydrogens is 346 g/mol. The molecular formula is C16H25N3O5S. The number of nitrogens with one attached hydrogen (secondary N) is 2. The number of nitrogens with two attached hydrogens (primary N) is 1. The van der Waals surface area contributed by atoms with Gasteiger partial charge in [-0.2, -0.15) is 11.8 Å². The van der Waals surface area contributed by atoms with Crippen molar-refractivity contribution in [3.05, 3.63) is 23.8 Å². The molecule has 0 spiro atoms. The summed E-state index contributed by atoms with van der Waals surface area (Å²) in [5.41, 5.74) is 10.4. The van der Waals surface area contributed by atoms with Gasteiger partial charge in [-0.15, -0.1) is 0 Å². The third kappa shape index (κ3) is 6.11. The lowest BCUT2D eigenvalue weighted by Gasteiger charge is -2.18. The number of amides is 2. The Morgan fingerprint density at radius 1 is 1.28 bits per heavy atom. The third-order valence-electron chi connectivity index (χ3n) is 3.42. The number of ether oxygens (including phenoxy) is 2. The minimum absolute atomic E-state index is 0.181. The fraction of sp³-hybridized carbons (Fsp3) is 0.500. The highest BCUT2D eigenvalue weighted by molar-refractivity contribution is 7.99. The lowest BCUT2D eigenvalue weighted by atomic mass is 10.1. The van der Waals surface area contributed by atoms with Gasteiger partial charge in [0.05, 0.1) is 19.8 Å². The van der Waals surface area contributed by atoms with E-state index in [1.807, 2.05) is 6.92 Å². The Bertz CT molecular complexity index is 585. The van der Waals surface area contributed by atoms with Crippen LogP contribution in [0.3, 0.4) is 0 Å². The fourth-order valence-electron chi connectivity index (χ4n) is 2.04. The first-order valence-electron chi connectivity index (χ1n) is 7.78. The van der Waals surface area contributed by atoms with E-state index in [0.29, 0.717) is 12.2 Å². The van der Waals surface area contributed by atoms with Crippen molar-refractivity contribution in [3.63, 3.8) is 0 Å². The number of para-hydroxylation sites is 1. The predicted octanol–water partition coefficient (Wildman–Crippen LogP) is 0.296. The van der Waals surface area contributed by atoms with Crippen LogP contribution in [-0.2, 0) is 4.79 Å². The van der Waals surface area contributed by atoms with E-state index >= 15 is 0 Å². The van der Waals surface area contributed by atoms with E-state index < -0.39 is 24.0 Å². The average Bonchev–Trinajstić information content (AvgIpc) is 2.64. The lowest BCUT2D eigenvalue weighted by molar-refractivity contribution is -0.131. The van der Waals surface area contributed by atoms with Crippen molar-refractivity contribution >= 4 is 23.6 Å². The Morgan fingerprint density at radius 3 is 2.60 bits per heavy atom. The number of rotatable bonds is 9. The second kappa shape index (κ2) is 10.8. The van der Waals surface area contributed by atoms with Crippen molar-refractivity contribution in [2.24, 2.45) is 5.73 Å². The van der Waals surface area contributed by atoms with Crippen molar-refractivity contribution in [1.82, 2.24) is 10.9 Å². The Labute approximate surface area is 151 Å². The highest BCUT2D eigenvalue weighted by Crippen LogP contribution is 2.30. The third-order valence-corrected chi connectivity index (χ3v) is 4.35. The van der Waals surface area contributed by atoms with Crippen LogP contribution in [0.25, 0.3) is 0 Å². The average molecular weight is 371 g/mol. The van der Waals surface area contributed by atoms with Gasteiger partial charge in [0.2, 0.25) is 0 Å². The maximum Gasteiger partial charge on any atom is 0.273 e. The summed E-state index contributed by atoms with van der Waals surface area (Å²) < 4.78 is 10.3. The molecule has 0 radical (unpaired) electrons. The van der Waals surface area contributed by atoms with Crippen LogP contribution in [0.5, 0.6) is 11.5 Å². The van der Waals surface area contributed by atoms with Gasteiger partial charge in [0.15, 0.2) is 11.5 Å². The Kier molecular flexibility index (Phi) is 9.11. The number of aliphatic hydroxyl groups is 1. The minimum atomic E-state index is -1.41. The van der Waals surface area contributed by atoms with Gasteiger partial charge in [0, 0.05) is 6.04 Å². The molecule has 0 heterocycles. The molecule has 0 aliphatic carbocycles. The monoisotopic (exact) mass is 371 g/mol. The normalized spacial score (nSPS) is 12.8. The highest BCUT2D eigenvalue weighted by Gasteiger charge is 2.24. The second-order valence-corrected chi connectivity index (χ2v) is 6.47. The molecule has 5 N–H and O–H groups in total. The molecule has 0 fully saturated rings. The van der Waals surface area contributed by atoms with Crippen LogP contribution in [0.15, 0.2) is 18.2 Å². The quantitative estimate of drug-likeness (QED) is 0.363. The van der Waals surface area contributed by atoms with E-state index in [1.54, 1.807) is 23.9 Å². The number of hydrogen-bond acceptors (Lipinski definition) is 7. The molecule has 2 amide bonds. The van der Waals surface area contributed by atoms with Gasteiger partial charge >= 0.3 is 0 Å². The molecule has 0 saturated carbocycles. The Balaban J connectivity index is 2.63. The van der Waals surface area contributed by atoms with Crippen LogP contribution in [0.1, 0.15) is 23.7 Å². The second-order valence-electron chi connectivity index (χ2n) is 5.08. The number of hydrazine groups is 1. The Morgan fingerprint density at radius 2 is 2.00 bits per heavy atom. The summed E-state index contributed by atoms with van der Waals surface area (Å²) in [6.07, 6.45) is -0.921. The maximum atomic E-state index is 12.2. The smallest absolute Gasteiger partial charge is 0.273 e. The van der Waals surface area contributed by atoms with Gasteiger partial charge in [0.1, 0.15) is 6.10 Å². The minimum Gasteiger partial charge on any atom is -0.493 e. The van der Waals surface area contributed by atoms with Crippen molar-refractivity contribution in [3.8, 4) is 11.5 Å². The van der Waals surface area contributed by atoms with Gasteiger partial charge in [0.25, 0.3) is 11.8 Å². The van der Waals surface area contributed by atoms with E-state index in [0.717, 1.165) is 11.5 Å². The van der Waals surface area contributed by atoms with Crippen LogP contribution in [0.4, 0.5) is 0 Å². The lowest BCUT2D eigenvalue weighted by Crippen LogP contribution is -2.52. The molecule has 2 atom stereocenters. The first-order chi connectivity index (χ1) is 12.0. The summed E-state index contributed by atoms with van der Waals surface area (Å²) in [5.74, 6) is 0.932. The van der Waals surface area contributed by atoms with Gasteiger partial charge in [-0.25, -0.2) is 0 Å². The summed E-state index contributed by atoms with van der Waals surface area (Å²) >= 11 is 1.67. The van der Waals surface area contributed by atoms with E-state index in [1.165, 1.54) is 20.3 Å². The van der Waals surface area contributed by atoms with Crippen LogP contribution >= 0.6 is 11.8 Å². The summed E-state index contributed by atoms with van der Waals surface area (Å²) in [4.78, 5) is 24.1. The highest BCUT2D eigenvalue weighted by atomic mass is 32.2. The Hall–Kier alpha value is -1.97. The molecule has 140 valence electrons. The molecule has 0 aliphatic heterocycles. The molecule has 25 heavy (non-hydrogen) atoms. The number of methoxy groups -OCH3 is 2. The van der Waals surface area contributed by atoms with Crippen molar-refractivity contribution in [2.45, 2.75) is 25.5 Å². The molecule has 0 saturated heterocycles. The maximum absolute atomic E-state index is 12.2. The van der Waals surface area contributed by atoms with E-state index in [4.69, 9.17) is 15.2 Å². The molecule has 0 aromatic heterocycles. The number of benzene rings is 1. The van der Waals surface area contributed by atoms with E-state index in [2.05, 4.69) is 10.9 Å². The molecule has 0 aliphatic rings. The molecule has 8 nitrogen and oxygen atoms in total. The first kappa shape index (κ1) is 21.1. The summed E-state index contributed by atoms with van der Waals surface area (Å²) in [7, 11) is 2.86. The topological polar surface area (TPSA) is 123 Å². The largest absolute Gasteiger partial charge is 0.493 e. The van der Waals surface area contributed by atoms with Gasteiger partial charge in [-0.05, 0) is 30.1 Å². The van der Waals surface area contributed by atoms with Crippen molar-refractivity contribution < 1.29 is 24.2 Å². The molecule has 9 heteroatoms.